The smallest absolute Gasteiger partial charge is 0.227 e. The second-order valence-electron chi connectivity index (χ2n) is 5.25. The number of carbonyl (C=O) groups is 1. The van der Waals surface area contributed by atoms with E-state index in [1.165, 1.54) is 12.1 Å². The molecular weight excluding hydrogens is 271 g/mol. The first-order chi connectivity index (χ1) is 9.95. The lowest BCUT2D eigenvalue weighted by Crippen LogP contribution is -2.15. The Morgan fingerprint density at radius 1 is 1.33 bits per heavy atom. The lowest BCUT2D eigenvalue weighted by atomic mass is 10.1. The van der Waals surface area contributed by atoms with Gasteiger partial charge in [-0.1, -0.05) is 26.0 Å². The number of carbonyl (C=O) groups excluding carboxylic acids is 1. The fourth-order valence-electron chi connectivity index (χ4n) is 1.85. The minimum Gasteiger partial charge on any atom is -0.295 e. The Balaban J connectivity index is 1.91. The van der Waals surface area contributed by atoms with Crippen LogP contribution in [0.1, 0.15) is 37.6 Å². The second-order valence-corrected chi connectivity index (χ2v) is 5.25. The highest BCUT2D eigenvalue weighted by Crippen LogP contribution is 2.13. The van der Waals surface area contributed by atoms with Gasteiger partial charge in [0.25, 0.3) is 0 Å². The number of benzene rings is 1. The van der Waals surface area contributed by atoms with E-state index in [0.717, 1.165) is 5.56 Å². The van der Waals surface area contributed by atoms with E-state index in [0.29, 0.717) is 24.6 Å². The molecule has 0 saturated carbocycles. The van der Waals surface area contributed by atoms with E-state index in [1.54, 1.807) is 23.9 Å². The Kier molecular flexibility index (Phi) is 4.67. The topological polar surface area (TPSA) is 59.8 Å². The van der Waals surface area contributed by atoms with Gasteiger partial charge in [-0.05, 0) is 24.1 Å². The van der Waals surface area contributed by atoms with Crippen molar-refractivity contribution in [3.8, 4) is 0 Å². The van der Waals surface area contributed by atoms with Crippen molar-refractivity contribution >= 4 is 11.9 Å². The molecule has 2 rings (SSSR count). The molecule has 0 atom stereocenters. The summed E-state index contributed by atoms with van der Waals surface area (Å²) in [6, 6.07) is 6.15. The molecule has 1 N–H and O–H groups in total. The third kappa shape index (κ3) is 4.11. The average molecular weight is 290 g/mol. The number of rotatable bonds is 5. The molecule has 0 aliphatic rings. The third-order valence-electron chi connectivity index (χ3n) is 3.10. The number of hydrogen-bond acceptors (Lipinski definition) is 3. The summed E-state index contributed by atoms with van der Waals surface area (Å²) >= 11 is 0. The van der Waals surface area contributed by atoms with Crippen molar-refractivity contribution in [2.45, 2.75) is 32.6 Å². The fourth-order valence-corrected chi connectivity index (χ4v) is 1.85. The second kappa shape index (κ2) is 6.47. The average Bonchev–Trinajstić information content (AvgIpc) is 2.80. The Morgan fingerprint density at radius 3 is 2.57 bits per heavy atom. The van der Waals surface area contributed by atoms with Crippen molar-refractivity contribution in [1.29, 1.82) is 0 Å². The molecule has 0 aliphatic carbocycles. The molecule has 1 amide bonds. The van der Waals surface area contributed by atoms with Gasteiger partial charge >= 0.3 is 0 Å². The van der Waals surface area contributed by atoms with Gasteiger partial charge in [-0.3, -0.25) is 10.1 Å². The molecule has 0 aliphatic heterocycles. The van der Waals surface area contributed by atoms with Crippen molar-refractivity contribution < 1.29 is 9.18 Å². The van der Waals surface area contributed by atoms with E-state index in [4.69, 9.17) is 0 Å². The zero-order valence-corrected chi connectivity index (χ0v) is 12.4. The Bertz CT molecular complexity index is 619. The van der Waals surface area contributed by atoms with Crippen LogP contribution in [-0.2, 0) is 18.3 Å². The van der Waals surface area contributed by atoms with Gasteiger partial charge in [-0.15, -0.1) is 0 Å². The van der Waals surface area contributed by atoms with Gasteiger partial charge < -0.3 is 0 Å². The van der Waals surface area contributed by atoms with E-state index in [1.807, 2.05) is 13.8 Å². The molecule has 5 nitrogen and oxygen atoms in total. The maximum Gasteiger partial charge on any atom is 0.227 e. The summed E-state index contributed by atoms with van der Waals surface area (Å²) in [5.41, 5.74) is 0.924. The molecule has 0 spiro atoms. The van der Waals surface area contributed by atoms with Crippen LogP contribution >= 0.6 is 0 Å². The van der Waals surface area contributed by atoms with Crippen LogP contribution in [0.3, 0.4) is 0 Å². The number of aromatic nitrogens is 3. The van der Waals surface area contributed by atoms with Gasteiger partial charge in [0, 0.05) is 19.4 Å². The largest absolute Gasteiger partial charge is 0.295 e. The van der Waals surface area contributed by atoms with Crippen LogP contribution in [-0.4, -0.2) is 20.7 Å². The van der Waals surface area contributed by atoms with Crippen molar-refractivity contribution in [1.82, 2.24) is 14.8 Å². The lowest BCUT2D eigenvalue weighted by molar-refractivity contribution is -0.116. The Labute approximate surface area is 123 Å². The van der Waals surface area contributed by atoms with Gasteiger partial charge in [0.15, 0.2) is 5.82 Å². The van der Waals surface area contributed by atoms with E-state index in [2.05, 4.69) is 15.4 Å². The highest BCUT2D eigenvalue weighted by Gasteiger charge is 2.12. The molecule has 112 valence electrons. The summed E-state index contributed by atoms with van der Waals surface area (Å²) in [6.45, 7) is 3.99. The lowest BCUT2D eigenvalue weighted by Gasteiger charge is -2.04. The predicted molar refractivity (Wildman–Crippen MR) is 78.4 cm³/mol. The van der Waals surface area contributed by atoms with Gasteiger partial charge in [0.2, 0.25) is 11.9 Å². The van der Waals surface area contributed by atoms with E-state index < -0.39 is 0 Å². The summed E-state index contributed by atoms with van der Waals surface area (Å²) in [6.07, 6.45) is 0.872. The summed E-state index contributed by atoms with van der Waals surface area (Å²) in [7, 11) is 1.74. The molecule has 21 heavy (non-hydrogen) atoms. The van der Waals surface area contributed by atoms with Crippen LogP contribution in [0.5, 0.6) is 0 Å². The molecular formula is C15H19FN4O. The quantitative estimate of drug-likeness (QED) is 0.921. The maximum absolute atomic E-state index is 12.8. The molecule has 2 aromatic rings. The van der Waals surface area contributed by atoms with E-state index >= 15 is 0 Å². The molecule has 0 fully saturated rings. The normalized spacial score (nSPS) is 10.9. The van der Waals surface area contributed by atoms with Gasteiger partial charge in [0.1, 0.15) is 5.82 Å². The highest BCUT2D eigenvalue weighted by atomic mass is 19.1. The molecule has 0 saturated heterocycles. The van der Waals surface area contributed by atoms with Crippen molar-refractivity contribution in [2.75, 3.05) is 5.32 Å². The standard InChI is InChI=1S/C15H19FN4O/c1-10(2)14-18-15(20(3)19-14)17-13(21)9-6-11-4-7-12(16)8-5-11/h4-5,7-8,10H,6,9H2,1-3H3,(H,17,18,19,21). The summed E-state index contributed by atoms with van der Waals surface area (Å²) in [5.74, 6) is 0.948. The number of halogens is 1. The van der Waals surface area contributed by atoms with Crippen LogP contribution in [0.25, 0.3) is 0 Å². The number of nitrogens with zero attached hydrogens (tertiary/aromatic N) is 3. The number of amides is 1. The Hall–Kier alpha value is -2.24. The molecule has 1 aromatic heterocycles. The van der Waals surface area contributed by atoms with Crippen molar-refractivity contribution in [2.24, 2.45) is 7.05 Å². The van der Waals surface area contributed by atoms with Crippen LogP contribution < -0.4 is 5.32 Å². The number of hydrogen-bond donors (Lipinski definition) is 1. The van der Waals surface area contributed by atoms with Crippen LogP contribution in [0.2, 0.25) is 0 Å². The minimum absolute atomic E-state index is 0.134. The monoisotopic (exact) mass is 290 g/mol. The third-order valence-corrected chi connectivity index (χ3v) is 3.10. The zero-order valence-electron chi connectivity index (χ0n) is 12.4. The molecule has 0 radical (unpaired) electrons. The molecule has 0 unspecified atom stereocenters. The van der Waals surface area contributed by atoms with Gasteiger partial charge in [-0.2, -0.15) is 10.1 Å². The number of nitrogens with one attached hydrogen (secondary N) is 1. The molecule has 1 heterocycles. The minimum atomic E-state index is -0.275. The molecule has 0 bridgehead atoms. The number of aryl methyl sites for hydroxylation is 2. The predicted octanol–water partition coefficient (Wildman–Crippen LogP) is 2.65. The molecule has 6 heteroatoms. The number of anilines is 1. The molecule has 1 aromatic carbocycles. The Morgan fingerprint density at radius 2 is 2.00 bits per heavy atom. The summed E-state index contributed by atoms with van der Waals surface area (Å²) < 4.78 is 14.3. The van der Waals surface area contributed by atoms with Crippen LogP contribution in [0.15, 0.2) is 24.3 Å². The van der Waals surface area contributed by atoms with Gasteiger partial charge in [0.05, 0.1) is 0 Å². The summed E-state index contributed by atoms with van der Waals surface area (Å²) in [4.78, 5) is 16.2. The van der Waals surface area contributed by atoms with Gasteiger partial charge in [-0.25, -0.2) is 9.07 Å². The highest BCUT2D eigenvalue weighted by molar-refractivity contribution is 5.89. The SMILES string of the molecule is CC(C)c1nc(NC(=O)CCc2ccc(F)cc2)n(C)n1. The first kappa shape index (κ1) is 15.2. The van der Waals surface area contributed by atoms with Crippen molar-refractivity contribution in [3.63, 3.8) is 0 Å². The fraction of sp³-hybridized carbons (Fsp3) is 0.400. The van der Waals surface area contributed by atoms with Crippen LogP contribution in [0, 0.1) is 5.82 Å². The maximum atomic E-state index is 12.8. The van der Waals surface area contributed by atoms with E-state index in [9.17, 15) is 9.18 Å². The summed E-state index contributed by atoms with van der Waals surface area (Å²) in [5, 5.41) is 6.98. The van der Waals surface area contributed by atoms with E-state index in [-0.39, 0.29) is 17.6 Å². The first-order valence-corrected chi connectivity index (χ1v) is 6.91. The van der Waals surface area contributed by atoms with Crippen molar-refractivity contribution in [3.05, 3.63) is 41.5 Å². The van der Waals surface area contributed by atoms with Crippen LogP contribution in [0.4, 0.5) is 10.3 Å². The first-order valence-electron chi connectivity index (χ1n) is 6.91. The zero-order chi connectivity index (χ0) is 15.4.